The van der Waals surface area contributed by atoms with Gasteiger partial charge >= 0.3 is 0 Å². The zero-order chi connectivity index (χ0) is 20.7. The first-order valence-electron chi connectivity index (χ1n) is 11.0. The van der Waals surface area contributed by atoms with Crippen LogP contribution in [-0.4, -0.2) is 21.9 Å². The summed E-state index contributed by atoms with van der Waals surface area (Å²) in [6.45, 7) is 11.1. The molecule has 0 radical (unpaired) electrons. The van der Waals surface area contributed by atoms with Crippen molar-refractivity contribution in [1.29, 1.82) is 0 Å². The van der Waals surface area contributed by atoms with Crippen LogP contribution in [0.1, 0.15) is 90.2 Å². The number of aliphatic hydroxyl groups excluding tert-OH is 1. The molecule has 0 heterocycles. The van der Waals surface area contributed by atoms with Gasteiger partial charge in [-0.25, -0.2) is 0 Å². The van der Waals surface area contributed by atoms with Crippen LogP contribution >= 0.6 is 0 Å². The molecule has 3 nitrogen and oxygen atoms in total. The number of allylic oxidation sites excluding steroid dienone is 1. The van der Waals surface area contributed by atoms with E-state index in [1.54, 1.807) is 0 Å². The Morgan fingerprint density at radius 3 is 2.25 bits per heavy atom. The molecule has 4 rings (SSSR count). The van der Waals surface area contributed by atoms with Gasteiger partial charge in [0, 0.05) is 11.5 Å². The first-order valence-corrected chi connectivity index (χ1v) is 11.0. The van der Waals surface area contributed by atoms with Crippen molar-refractivity contribution in [2.45, 2.75) is 84.5 Å². The minimum Gasteiger partial charge on any atom is -0.507 e. The molecule has 1 aromatic rings. The maximum atomic E-state index is 10.9. The summed E-state index contributed by atoms with van der Waals surface area (Å²) < 4.78 is 0. The Kier molecular flexibility index (Phi) is 5.87. The molecule has 28 heavy (non-hydrogen) atoms. The number of aromatic hydroxyl groups is 2. The number of aliphatic hydroxyl groups is 1. The van der Waals surface area contributed by atoms with Crippen molar-refractivity contribution in [3.63, 3.8) is 0 Å². The number of hydrogen-bond donors (Lipinski definition) is 3. The quantitative estimate of drug-likeness (QED) is 0.378. The van der Waals surface area contributed by atoms with Crippen LogP contribution in [0.5, 0.6) is 11.5 Å². The summed E-state index contributed by atoms with van der Waals surface area (Å²) >= 11 is 0. The van der Waals surface area contributed by atoms with Crippen LogP contribution in [0.2, 0.25) is 0 Å². The van der Waals surface area contributed by atoms with Crippen molar-refractivity contribution in [3.8, 4) is 11.5 Å². The van der Waals surface area contributed by atoms with Gasteiger partial charge in [-0.1, -0.05) is 66.4 Å². The van der Waals surface area contributed by atoms with Crippen molar-refractivity contribution >= 4 is 0 Å². The van der Waals surface area contributed by atoms with Gasteiger partial charge in [-0.15, -0.1) is 0 Å². The second-order valence-corrected chi connectivity index (χ2v) is 10.3. The minimum atomic E-state index is -0.0826. The number of hydrogen-bond acceptors (Lipinski definition) is 3. The zero-order valence-electron chi connectivity index (χ0n) is 18.3. The molecule has 3 heteroatoms. The van der Waals surface area contributed by atoms with Crippen molar-refractivity contribution < 1.29 is 15.3 Å². The van der Waals surface area contributed by atoms with E-state index in [0.717, 1.165) is 30.4 Å². The van der Waals surface area contributed by atoms with Crippen LogP contribution in [0.15, 0.2) is 23.8 Å². The molecular formula is C25H38O3. The van der Waals surface area contributed by atoms with Gasteiger partial charge < -0.3 is 15.3 Å². The summed E-state index contributed by atoms with van der Waals surface area (Å²) in [6.07, 6.45) is 9.02. The molecule has 3 aliphatic rings. The summed E-state index contributed by atoms with van der Waals surface area (Å²) in [5, 5.41) is 31.6. The lowest BCUT2D eigenvalue weighted by Crippen LogP contribution is -2.51. The highest BCUT2D eigenvalue weighted by Gasteiger charge is 2.55. The third kappa shape index (κ3) is 3.58. The van der Waals surface area contributed by atoms with E-state index < -0.39 is 0 Å². The van der Waals surface area contributed by atoms with E-state index in [0.29, 0.717) is 17.4 Å². The number of rotatable bonds is 8. The monoisotopic (exact) mass is 386 g/mol. The van der Waals surface area contributed by atoms with Gasteiger partial charge in [0.1, 0.15) is 11.5 Å². The van der Waals surface area contributed by atoms with E-state index in [2.05, 4.69) is 40.7 Å². The molecule has 0 unspecified atom stereocenters. The van der Waals surface area contributed by atoms with Crippen LogP contribution in [0.4, 0.5) is 0 Å². The summed E-state index contributed by atoms with van der Waals surface area (Å²) in [4.78, 5) is 0. The average Bonchev–Trinajstić information content (AvgIpc) is 2.64. The largest absolute Gasteiger partial charge is 0.507 e. The van der Waals surface area contributed by atoms with Gasteiger partial charge in [0.25, 0.3) is 0 Å². The molecule has 2 bridgehead atoms. The lowest BCUT2D eigenvalue weighted by Gasteiger charge is -2.59. The summed E-state index contributed by atoms with van der Waals surface area (Å²) in [5.41, 5.74) is 2.69. The summed E-state index contributed by atoms with van der Waals surface area (Å²) in [7, 11) is 0. The fourth-order valence-electron chi connectivity index (χ4n) is 5.60. The molecule has 1 fully saturated rings. The maximum Gasteiger partial charge on any atom is 0.123 e. The number of fused-ring (bicyclic) bond motifs is 1. The SMILES string of the molecule is CCCCCCC(C)(C)c1cc(O)c([C@@H]2C=C(CO)[C@@H]3C[C@H]2C3(C)C)c(O)c1. The predicted molar refractivity (Wildman–Crippen MR) is 115 cm³/mol. The predicted octanol–water partition coefficient (Wildman–Crippen LogP) is 6.02. The average molecular weight is 387 g/mol. The van der Waals surface area contributed by atoms with Gasteiger partial charge in [0.05, 0.1) is 6.61 Å². The number of benzene rings is 1. The van der Waals surface area contributed by atoms with Crippen LogP contribution < -0.4 is 0 Å². The topological polar surface area (TPSA) is 60.7 Å². The molecule has 3 aliphatic carbocycles. The smallest absolute Gasteiger partial charge is 0.123 e. The molecule has 0 aromatic heterocycles. The Bertz CT molecular complexity index is 721. The molecule has 1 aromatic carbocycles. The molecule has 0 spiro atoms. The number of phenolic OH excluding ortho intramolecular Hbond substituents is 2. The Labute approximate surface area is 170 Å². The highest BCUT2D eigenvalue weighted by Crippen LogP contribution is 2.65. The lowest BCUT2D eigenvalue weighted by atomic mass is 9.45. The third-order valence-electron chi connectivity index (χ3n) is 7.71. The molecule has 1 saturated carbocycles. The van der Waals surface area contributed by atoms with E-state index in [-0.39, 0.29) is 34.9 Å². The van der Waals surface area contributed by atoms with Crippen LogP contribution in [-0.2, 0) is 5.41 Å². The summed E-state index contributed by atoms with van der Waals surface area (Å²) in [6, 6.07) is 3.72. The fourth-order valence-corrected chi connectivity index (χ4v) is 5.60. The van der Waals surface area contributed by atoms with Crippen LogP contribution in [0.3, 0.4) is 0 Å². The van der Waals surface area contributed by atoms with Gasteiger partial charge in [-0.3, -0.25) is 0 Å². The maximum absolute atomic E-state index is 10.9. The normalized spacial score (nSPS) is 25.9. The molecule has 0 amide bonds. The first kappa shape index (κ1) is 21.2. The van der Waals surface area contributed by atoms with Gasteiger partial charge in [0.2, 0.25) is 0 Å². The zero-order valence-corrected chi connectivity index (χ0v) is 18.3. The van der Waals surface area contributed by atoms with E-state index >= 15 is 0 Å². The van der Waals surface area contributed by atoms with Crippen molar-refractivity contribution in [2.75, 3.05) is 6.61 Å². The molecule has 156 valence electrons. The fraction of sp³-hybridized carbons (Fsp3) is 0.680. The Hall–Kier alpha value is -1.48. The minimum absolute atomic E-state index is 0.0381. The first-order chi connectivity index (χ1) is 13.1. The molecular weight excluding hydrogens is 348 g/mol. The molecule has 0 aliphatic heterocycles. The standard InChI is InChI=1S/C25H38O3/c1-6-7-8-9-10-24(2,3)17-12-21(27)23(22(28)13-17)18-11-16(15-26)19-14-20(18)25(19,4)5/h11-13,18-20,26-28H,6-10,14-15H2,1-5H3/t18-,19+,20-/m1/s1. The number of unbranched alkanes of at least 4 members (excludes halogenated alkanes) is 3. The van der Waals surface area contributed by atoms with Crippen LogP contribution in [0, 0.1) is 17.3 Å². The lowest BCUT2D eigenvalue weighted by molar-refractivity contribution is -0.0260. The second kappa shape index (κ2) is 7.74. The van der Waals surface area contributed by atoms with Crippen molar-refractivity contribution in [3.05, 3.63) is 34.9 Å². The Morgan fingerprint density at radius 2 is 1.71 bits per heavy atom. The van der Waals surface area contributed by atoms with E-state index in [4.69, 9.17) is 0 Å². The molecule has 0 saturated heterocycles. The highest BCUT2D eigenvalue weighted by molar-refractivity contribution is 5.54. The van der Waals surface area contributed by atoms with Gasteiger partial charge in [0.15, 0.2) is 0 Å². The summed E-state index contributed by atoms with van der Waals surface area (Å²) in [5.74, 6) is 1.15. The van der Waals surface area contributed by atoms with Crippen molar-refractivity contribution in [1.82, 2.24) is 0 Å². The van der Waals surface area contributed by atoms with E-state index in [1.807, 2.05) is 12.1 Å². The van der Waals surface area contributed by atoms with Crippen molar-refractivity contribution in [2.24, 2.45) is 17.3 Å². The highest BCUT2D eigenvalue weighted by atomic mass is 16.3. The van der Waals surface area contributed by atoms with E-state index in [1.165, 1.54) is 19.3 Å². The third-order valence-corrected chi connectivity index (χ3v) is 7.71. The van der Waals surface area contributed by atoms with Crippen LogP contribution in [0.25, 0.3) is 0 Å². The molecule has 3 atom stereocenters. The van der Waals surface area contributed by atoms with Gasteiger partial charge in [-0.2, -0.15) is 0 Å². The van der Waals surface area contributed by atoms with E-state index in [9.17, 15) is 15.3 Å². The second-order valence-electron chi connectivity index (χ2n) is 10.3. The Balaban J connectivity index is 1.89. The Morgan fingerprint density at radius 1 is 1.07 bits per heavy atom. The van der Waals surface area contributed by atoms with Gasteiger partial charge in [-0.05, 0) is 58.8 Å². The number of phenols is 2. The molecule has 3 N–H and O–H groups in total.